The number of ether oxygens (including phenoxy) is 2. The number of methoxy groups -OCH3 is 1. The smallest absolute Gasteiger partial charge is 0.205 e. The Morgan fingerprint density at radius 2 is 2.12 bits per heavy atom. The van der Waals surface area contributed by atoms with Gasteiger partial charge in [0.1, 0.15) is 22.0 Å². The van der Waals surface area contributed by atoms with Crippen molar-refractivity contribution in [2.24, 2.45) is 0 Å². The van der Waals surface area contributed by atoms with Gasteiger partial charge in [-0.2, -0.15) is 0 Å². The van der Waals surface area contributed by atoms with Crippen molar-refractivity contribution < 1.29 is 9.47 Å². The Morgan fingerprint density at radius 3 is 2.96 bits per heavy atom. The van der Waals surface area contributed by atoms with Gasteiger partial charge in [-0.05, 0) is 30.3 Å². The Morgan fingerprint density at radius 1 is 1.25 bits per heavy atom. The molecule has 0 bridgehead atoms. The van der Waals surface area contributed by atoms with Gasteiger partial charge in [0.15, 0.2) is 0 Å². The SMILES string of the molecule is COc1cccc(-c2nc(=S)c3c([nH]2)Oc2ccc(Cl)cc2C3)c1. The zero-order valence-electron chi connectivity index (χ0n) is 12.8. The molecule has 4 nitrogen and oxygen atoms in total. The lowest BCUT2D eigenvalue weighted by molar-refractivity contribution is 0.415. The highest BCUT2D eigenvalue weighted by Gasteiger charge is 2.21. The molecule has 0 saturated carbocycles. The summed E-state index contributed by atoms with van der Waals surface area (Å²) in [5.74, 6) is 2.81. The highest BCUT2D eigenvalue weighted by Crippen LogP contribution is 2.37. The van der Waals surface area contributed by atoms with E-state index in [4.69, 9.17) is 33.3 Å². The van der Waals surface area contributed by atoms with Gasteiger partial charge in [-0.1, -0.05) is 36.0 Å². The first-order valence-corrected chi connectivity index (χ1v) is 8.16. The van der Waals surface area contributed by atoms with Gasteiger partial charge in [0.2, 0.25) is 5.88 Å². The Kier molecular flexibility index (Phi) is 3.75. The highest BCUT2D eigenvalue weighted by atomic mass is 35.5. The molecule has 0 fully saturated rings. The minimum atomic E-state index is 0.521. The molecule has 0 radical (unpaired) electrons. The van der Waals surface area contributed by atoms with Crippen LogP contribution in [0.4, 0.5) is 0 Å². The minimum absolute atomic E-state index is 0.521. The molecule has 120 valence electrons. The predicted octanol–water partition coefficient (Wildman–Crippen LogP) is 5.16. The molecule has 0 unspecified atom stereocenters. The number of aromatic nitrogens is 2. The maximum Gasteiger partial charge on any atom is 0.205 e. The molecular weight excluding hydrogens is 344 g/mol. The lowest BCUT2D eigenvalue weighted by atomic mass is 10.0. The maximum atomic E-state index is 6.06. The van der Waals surface area contributed by atoms with Crippen molar-refractivity contribution in [3.05, 3.63) is 63.3 Å². The molecule has 0 amide bonds. The van der Waals surface area contributed by atoms with Crippen LogP contribution in [-0.2, 0) is 6.42 Å². The van der Waals surface area contributed by atoms with Crippen LogP contribution in [0.1, 0.15) is 11.1 Å². The van der Waals surface area contributed by atoms with Crippen molar-refractivity contribution in [1.29, 1.82) is 0 Å². The predicted molar refractivity (Wildman–Crippen MR) is 95.7 cm³/mol. The van der Waals surface area contributed by atoms with Crippen LogP contribution in [0, 0.1) is 4.64 Å². The number of benzene rings is 2. The molecule has 2 aromatic carbocycles. The molecule has 3 aromatic rings. The first-order chi connectivity index (χ1) is 11.6. The number of nitrogens with zero attached hydrogens (tertiary/aromatic N) is 1. The highest BCUT2D eigenvalue weighted by molar-refractivity contribution is 7.71. The third-order valence-corrected chi connectivity index (χ3v) is 4.50. The quantitative estimate of drug-likeness (QED) is 0.504. The number of fused-ring (bicyclic) bond motifs is 2. The Labute approximate surface area is 149 Å². The first kappa shape index (κ1) is 15.2. The fourth-order valence-electron chi connectivity index (χ4n) is 2.71. The summed E-state index contributed by atoms with van der Waals surface area (Å²) in [5.41, 5.74) is 2.76. The van der Waals surface area contributed by atoms with Crippen molar-refractivity contribution in [1.82, 2.24) is 9.97 Å². The summed E-state index contributed by atoms with van der Waals surface area (Å²) in [6, 6.07) is 13.2. The largest absolute Gasteiger partial charge is 0.497 e. The van der Waals surface area contributed by atoms with Gasteiger partial charge < -0.3 is 14.5 Å². The Bertz CT molecular complexity index is 1000. The molecule has 24 heavy (non-hydrogen) atoms. The van der Waals surface area contributed by atoms with Crippen molar-refractivity contribution >= 4 is 23.8 Å². The van der Waals surface area contributed by atoms with Crippen LogP contribution in [0.2, 0.25) is 5.02 Å². The van der Waals surface area contributed by atoms with Crippen LogP contribution in [0.15, 0.2) is 42.5 Å². The van der Waals surface area contributed by atoms with E-state index < -0.39 is 0 Å². The third kappa shape index (κ3) is 2.66. The topological polar surface area (TPSA) is 47.1 Å². The monoisotopic (exact) mass is 356 g/mol. The van der Waals surface area contributed by atoms with Gasteiger partial charge >= 0.3 is 0 Å². The summed E-state index contributed by atoms with van der Waals surface area (Å²) < 4.78 is 11.8. The number of hydrogen-bond donors (Lipinski definition) is 1. The zero-order chi connectivity index (χ0) is 16.7. The lowest BCUT2D eigenvalue weighted by Gasteiger charge is -2.20. The number of hydrogen-bond acceptors (Lipinski definition) is 4. The summed E-state index contributed by atoms with van der Waals surface area (Å²) >= 11 is 11.5. The number of aromatic amines is 1. The van der Waals surface area contributed by atoms with Gasteiger partial charge in [-0.15, -0.1) is 0 Å². The number of H-pyrrole nitrogens is 1. The van der Waals surface area contributed by atoms with E-state index in [0.717, 1.165) is 28.2 Å². The van der Waals surface area contributed by atoms with E-state index in [1.807, 2.05) is 42.5 Å². The van der Waals surface area contributed by atoms with Gasteiger partial charge in [0, 0.05) is 22.6 Å². The molecule has 2 heterocycles. The molecule has 0 saturated heterocycles. The van der Waals surface area contributed by atoms with E-state index >= 15 is 0 Å². The fourth-order valence-corrected chi connectivity index (χ4v) is 3.16. The molecule has 4 rings (SSSR count). The van der Waals surface area contributed by atoms with Crippen molar-refractivity contribution in [2.75, 3.05) is 7.11 Å². The second kappa shape index (κ2) is 5.92. The molecule has 0 spiro atoms. The second-order valence-corrected chi connectivity index (χ2v) is 6.28. The minimum Gasteiger partial charge on any atom is -0.497 e. The normalized spacial score (nSPS) is 12.1. The molecule has 1 aliphatic heterocycles. The first-order valence-electron chi connectivity index (χ1n) is 7.38. The number of halogens is 1. The van der Waals surface area contributed by atoms with Crippen LogP contribution < -0.4 is 9.47 Å². The van der Waals surface area contributed by atoms with Crippen molar-refractivity contribution in [2.45, 2.75) is 6.42 Å². The average Bonchev–Trinajstić information content (AvgIpc) is 2.60. The Balaban J connectivity index is 1.80. The third-order valence-electron chi connectivity index (χ3n) is 3.92. The van der Waals surface area contributed by atoms with E-state index in [1.54, 1.807) is 7.11 Å². The van der Waals surface area contributed by atoms with Gasteiger partial charge in [-0.25, -0.2) is 4.98 Å². The summed E-state index contributed by atoms with van der Waals surface area (Å²) in [7, 11) is 1.63. The molecular formula is C18H13ClN2O2S. The van der Waals surface area contributed by atoms with Crippen LogP contribution in [0.25, 0.3) is 11.4 Å². The van der Waals surface area contributed by atoms with Crippen molar-refractivity contribution in [3.8, 4) is 28.8 Å². The Hall–Kier alpha value is -2.37. The molecule has 1 aliphatic rings. The maximum absolute atomic E-state index is 6.06. The zero-order valence-corrected chi connectivity index (χ0v) is 14.4. The second-order valence-electron chi connectivity index (χ2n) is 5.46. The van der Waals surface area contributed by atoms with Gasteiger partial charge in [0.25, 0.3) is 0 Å². The summed E-state index contributed by atoms with van der Waals surface area (Å²) in [6.45, 7) is 0. The van der Waals surface area contributed by atoms with Crippen LogP contribution in [0.3, 0.4) is 0 Å². The number of rotatable bonds is 2. The molecule has 0 aliphatic carbocycles. The summed E-state index contributed by atoms with van der Waals surface area (Å²) in [4.78, 5) is 7.76. The molecule has 0 atom stereocenters. The van der Waals surface area contributed by atoms with E-state index in [-0.39, 0.29) is 0 Å². The molecule has 1 aromatic heterocycles. The number of nitrogens with one attached hydrogen (secondary N) is 1. The van der Waals surface area contributed by atoms with E-state index in [0.29, 0.717) is 27.8 Å². The summed E-state index contributed by atoms with van der Waals surface area (Å²) in [6.07, 6.45) is 0.645. The average molecular weight is 357 g/mol. The van der Waals surface area contributed by atoms with Crippen LogP contribution in [0.5, 0.6) is 17.4 Å². The summed E-state index contributed by atoms with van der Waals surface area (Å²) in [5, 5.41) is 0.677. The van der Waals surface area contributed by atoms with Crippen LogP contribution in [-0.4, -0.2) is 17.1 Å². The van der Waals surface area contributed by atoms with Crippen molar-refractivity contribution in [3.63, 3.8) is 0 Å². The fraction of sp³-hybridized carbons (Fsp3) is 0.111. The van der Waals surface area contributed by atoms with E-state index in [2.05, 4.69) is 9.97 Å². The van der Waals surface area contributed by atoms with E-state index in [9.17, 15) is 0 Å². The van der Waals surface area contributed by atoms with Crippen LogP contribution >= 0.6 is 23.8 Å². The van der Waals surface area contributed by atoms with Gasteiger partial charge in [0.05, 0.1) is 12.7 Å². The van der Waals surface area contributed by atoms with Gasteiger partial charge in [-0.3, -0.25) is 0 Å². The van der Waals surface area contributed by atoms with E-state index in [1.165, 1.54) is 0 Å². The lowest BCUT2D eigenvalue weighted by Crippen LogP contribution is -2.08. The standard InChI is InChI=1S/C18H13ClN2O2S/c1-22-13-4-2-3-10(8-13)16-20-17-14(18(24)21-16)9-11-7-12(19)5-6-15(11)23-17/h2-8H,9H2,1H3,(H,20,21,24). The molecule has 6 heteroatoms. The molecule has 1 N–H and O–H groups in total.